The van der Waals surface area contributed by atoms with Gasteiger partial charge in [-0.15, -0.1) is 0 Å². The number of para-hydroxylation sites is 2. The minimum Gasteiger partial charge on any atom is -0.455 e. The fraction of sp³-hybridized carbons (Fsp3) is 0. The maximum Gasteiger partial charge on any atom is 0.143 e. The molecule has 86 heavy (non-hydrogen) atoms. The van der Waals surface area contributed by atoms with E-state index in [2.05, 4.69) is 30.3 Å². The van der Waals surface area contributed by atoms with Crippen molar-refractivity contribution in [2.24, 2.45) is 0 Å². The Morgan fingerprint density at radius 2 is 0.558 bits per heavy atom. The molecule has 18 aromatic rings. The summed E-state index contributed by atoms with van der Waals surface area (Å²) in [5.74, 6) is 0. The Hall–Kier alpha value is -11.3. The molecule has 2 heterocycles. The molecule has 0 N–H and O–H groups in total. The van der Waals surface area contributed by atoms with Crippen molar-refractivity contribution in [1.82, 2.24) is 0 Å². The molecule has 0 amide bonds. The monoisotopic (exact) mass is 1120 g/mol. The Kier molecular flexibility index (Phi) is 6.44. The molecule has 0 aliphatic rings. The van der Waals surface area contributed by atoms with Gasteiger partial charge in [0.1, 0.15) is 22.3 Å². The Morgan fingerprint density at radius 3 is 1.02 bits per heavy atom. The lowest BCUT2D eigenvalue weighted by atomic mass is 9.85. The van der Waals surface area contributed by atoms with Crippen molar-refractivity contribution in [2.75, 3.05) is 0 Å². The van der Waals surface area contributed by atoms with Gasteiger partial charge in [-0.25, -0.2) is 0 Å². The van der Waals surface area contributed by atoms with Gasteiger partial charge < -0.3 is 8.83 Å². The molecule has 0 unspecified atom stereocenters. The predicted molar refractivity (Wildman–Crippen MR) is 365 cm³/mol. The van der Waals surface area contributed by atoms with Crippen molar-refractivity contribution in [3.05, 3.63) is 315 Å². The van der Waals surface area contributed by atoms with Crippen LogP contribution < -0.4 is 0 Å². The van der Waals surface area contributed by atoms with Gasteiger partial charge in [-0.05, 0) is 138 Å². The van der Waals surface area contributed by atoms with Crippen molar-refractivity contribution >= 4 is 109 Å². The third-order valence-corrected chi connectivity index (χ3v) is 15.7. The van der Waals surface area contributed by atoms with E-state index >= 15 is 0 Å². The molecule has 0 bridgehead atoms. The summed E-state index contributed by atoms with van der Waals surface area (Å²) in [5.41, 5.74) is 1.58. The fourth-order valence-corrected chi connectivity index (χ4v) is 12.2. The summed E-state index contributed by atoms with van der Waals surface area (Å²) in [4.78, 5) is 0. The number of hydrogen-bond donors (Lipinski definition) is 0. The van der Waals surface area contributed by atoms with E-state index in [1.165, 1.54) is 6.07 Å². The topological polar surface area (TPSA) is 26.3 Å². The molecule has 18 rings (SSSR count). The Morgan fingerprint density at radius 1 is 0.221 bits per heavy atom. The summed E-state index contributed by atoms with van der Waals surface area (Å²) in [5, 5.41) is 3.81. The van der Waals surface area contributed by atoms with Gasteiger partial charge in [-0.1, -0.05) is 297 Å². The van der Waals surface area contributed by atoms with Crippen molar-refractivity contribution in [3.8, 4) is 66.8 Å². The van der Waals surface area contributed by atoms with Gasteiger partial charge in [0, 0.05) is 32.7 Å². The lowest BCUT2D eigenvalue weighted by Crippen LogP contribution is -1.91. The van der Waals surface area contributed by atoms with E-state index in [9.17, 15) is 11.0 Å². The molecule has 0 fully saturated rings. The van der Waals surface area contributed by atoms with Crippen LogP contribution in [-0.2, 0) is 0 Å². The average molecular weight is 1120 g/mol. The SMILES string of the molecule is [2H]c1c([2H])c([2H])c(-c2c3c([2H])c([2H])c([2H])c([2H])c3c(-c3cccc4oc5c(-c6cc7ccccc7c7ccccc67)cccc5c34)c3c([2H])c([2H])c([2H])c([2H])c23)c([2H])c1[2H].[2H]c1c([2H])c([2H])c(-c2cccc3c2oc2cccc(-c4c5c([2H])c([2H])c([2H])c([2H])c5c(-c5c([2H])c([2H])c([2H])c([2H])c5[2H])c5c([2H])c([2H])c([2H])c([2H])c45)c23)c([2H])c1[2H]. The highest BCUT2D eigenvalue weighted by Crippen LogP contribution is 2.51. The van der Waals surface area contributed by atoms with Crippen LogP contribution in [-0.4, -0.2) is 0 Å². The molecule has 0 spiro atoms. The zero-order valence-electron chi connectivity index (χ0n) is 75.4. The average Bonchev–Trinajstić information content (AvgIpc) is 1.51. The van der Waals surface area contributed by atoms with Gasteiger partial charge in [0.25, 0.3) is 0 Å². The van der Waals surface area contributed by atoms with Crippen LogP contribution in [0.15, 0.2) is 324 Å². The summed E-state index contributed by atoms with van der Waals surface area (Å²) in [6.07, 6.45) is 0. The highest BCUT2D eigenvalue weighted by atomic mass is 16.3. The van der Waals surface area contributed by atoms with Gasteiger partial charge in [0.2, 0.25) is 0 Å². The Balaban J connectivity index is 0.000000168. The van der Waals surface area contributed by atoms with Crippen LogP contribution in [0.2, 0.25) is 0 Å². The minimum absolute atomic E-state index is 0.0463. The van der Waals surface area contributed by atoms with Crippen molar-refractivity contribution < 1.29 is 51.3 Å². The first-order valence-corrected chi connectivity index (χ1v) is 27.0. The Bertz CT molecular complexity index is 7410. The van der Waals surface area contributed by atoms with E-state index in [0.717, 1.165) is 32.7 Å². The lowest BCUT2D eigenvalue weighted by Gasteiger charge is -2.18. The molecule has 0 radical (unpaired) electrons. The zero-order chi connectivity index (χ0) is 83.6. The second-order valence-electron chi connectivity index (χ2n) is 20.1. The van der Waals surface area contributed by atoms with E-state index in [4.69, 9.17) is 40.4 Å². The molecule has 16 aromatic carbocycles. The predicted octanol–water partition coefficient (Wildman–Crippen LogP) is 24.1. The summed E-state index contributed by atoms with van der Waals surface area (Å²) in [7, 11) is 0. The largest absolute Gasteiger partial charge is 0.455 e. The van der Waals surface area contributed by atoms with E-state index < -0.39 is 204 Å². The lowest BCUT2D eigenvalue weighted by molar-refractivity contribution is 0.669. The van der Waals surface area contributed by atoms with E-state index in [-0.39, 0.29) is 93.0 Å². The first-order chi connectivity index (χ1) is 55.6. The van der Waals surface area contributed by atoms with E-state index in [1.807, 2.05) is 42.5 Å². The van der Waals surface area contributed by atoms with Crippen LogP contribution in [0.1, 0.15) is 42.5 Å². The van der Waals surface area contributed by atoms with Gasteiger partial charge in [0.05, 0.1) is 42.5 Å². The third-order valence-electron chi connectivity index (χ3n) is 15.7. The molecule has 2 heteroatoms. The van der Waals surface area contributed by atoms with Crippen molar-refractivity contribution in [1.29, 1.82) is 0 Å². The van der Waals surface area contributed by atoms with Crippen molar-refractivity contribution in [2.45, 2.75) is 0 Å². The standard InChI is InChI=1S/C46H28O.C38H24O/c1-2-14-29(15-3-1)43-34-20-8-10-22-36(34)44(37-23-11-9-21-35(37)43)39-25-13-27-42-45(39)40-26-12-24-38(46(40)47-42)41-28-30-16-4-5-17-31(30)32-18-6-7-19-33(32)41;1-3-13-25(14-4-1)27-21-11-23-33-37-32(22-12-24-34(37)39-38(27)33)36-30-19-9-7-17-28(30)35(26-15-5-2-6-16-26)29-18-8-10-20-31(29)36/h1-28H;1-24H/i1D,2D,3D,8D,9D,10D,11D,14D,15D,20D,21D,22D,23D;1D,2D,3D,4D,5D,6D,7D,8D,9D,10D,13D,14D,15D,16D,17D,18D,19D,20D. The molecule has 0 atom stereocenters. The second-order valence-corrected chi connectivity index (χ2v) is 20.1. The molecular weight excluding hydrogens is 1040 g/mol. The van der Waals surface area contributed by atoms with Crippen LogP contribution in [0.5, 0.6) is 0 Å². The Labute approximate surface area is 540 Å². The van der Waals surface area contributed by atoms with Gasteiger partial charge in [0.15, 0.2) is 0 Å². The molecule has 0 saturated heterocycles. The van der Waals surface area contributed by atoms with Crippen LogP contribution in [0, 0.1) is 0 Å². The summed E-state index contributed by atoms with van der Waals surface area (Å²) in [6, 6.07) is 18.0. The highest BCUT2D eigenvalue weighted by Gasteiger charge is 2.24. The van der Waals surface area contributed by atoms with Crippen LogP contribution in [0.4, 0.5) is 0 Å². The number of rotatable bonds is 6. The summed E-state index contributed by atoms with van der Waals surface area (Å²) < 4.78 is 286. The number of fused-ring (bicyclic) bond motifs is 13. The molecule has 2 nitrogen and oxygen atoms in total. The number of benzene rings is 16. The number of hydrogen-bond acceptors (Lipinski definition) is 2. The maximum atomic E-state index is 9.42. The third kappa shape index (κ3) is 7.81. The minimum atomic E-state index is -0.775. The van der Waals surface area contributed by atoms with Gasteiger partial charge in [-0.2, -0.15) is 0 Å². The maximum absolute atomic E-state index is 9.42. The smallest absolute Gasteiger partial charge is 0.143 e. The fourth-order valence-electron chi connectivity index (χ4n) is 12.2. The highest BCUT2D eigenvalue weighted by molar-refractivity contribution is 6.28. The van der Waals surface area contributed by atoms with E-state index in [1.54, 1.807) is 48.5 Å². The van der Waals surface area contributed by atoms with E-state index in [0.29, 0.717) is 32.9 Å². The van der Waals surface area contributed by atoms with Gasteiger partial charge in [-0.3, -0.25) is 0 Å². The van der Waals surface area contributed by atoms with Crippen LogP contribution in [0.25, 0.3) is 175 Å². The molecule has 2 aromatic heterocycles. The first kappa shape index (κ1) is 27.4. The van der Waals surface area contributed by atoms with Crippen LogP contribution >= 0.6 is 0 Å². The zero-order valence-corrected chi connectivity index (χ0v) is 44.4. The van der Waals surface area contributed by atoms with Gasteiger partial charge >= 0.3 is 0 Å². The van der Waals surface area contributed by atoms with Crippen LogP contribution in [0.3, 0.4) is 0 Å². The quantitative estimate of drug-likeness (QED) is 0.123. The molecule has 0 aliphatic heterocycles. The van der Waals surface area contributed by atoms with Crippen molar-refractivity contribution in [3.63, 3.8) is 0 Å². The number of furan rings is 2. The summed E-state index contributed by atoms with van der Waals surface area (Å²) in [6.45, 7) is 0. The molecule has 0 saturated carbocycles. The second kappa shape index (κ2) is 20.2. The molecule has 0 aliphatic carbocycles. The molecular formula is C84H52O2. The normalized spacial score (nSPS) is 16.8. The molecule has 400 valence electrons. The first-order valence-electron chi connectivity index (χ1n) is 42.5. The summed E-state index contributed by atoms with van der Waals surface area (Å²) >= 11 is 0.